The van der Waals surface area contributed by atoms with Crippen LogP contribution in [0.5, 0.6) is 0 Å². The molecule has 1 rings (SSSR count). The summed E-state index contributed by atoms with van der Waals surface area (Å²) in [5.74, 6) is 0.638. The first-order valence-corrected chi connectivity index (χ1v) is 4.76. The summed E-state index contributed by atoms with van der Waals surface area (Å²) in [5.41, 5.74) is 6.92. The molecule has 1 aromatic heterocycles. The topological polar surface area (TPSA) is 26.0 Å². The Balaban J connectivity index is 2.95. The van der Waals surface area contributed by atoms with E-state index >= 15 is 0 Å². The summed E-state index contributed by atoms with van der Waals surface area (Å²) in [7, 11) is 0. The zero-order valence-electron chi connectivity index (χ0n) is 7.35. The Labute approximate surface area is 72.2 Å². The van der Waals surface area contributed by atoms with Crippen LogP contribution in [-0.4, -0.2) is 0 Å². The van der Waals surface area contributed by atoms with E-state index in [4.69, 9.17) is 5.73 Å². The quantitative estimate of drug-likeness (QED) is 0.723. The summed E-state index contributed by atoms with van der Waals surface area (Å²) in [5, 5.41) is 0. The lowest BCUT2D eigenvalue weighted by molar-refractivity contribution is 0.889. The summed E-state index contributed by atoms with van der Waals surface area (Å²) in [6, 6.07) is 2.25. The van der Waals surface area contributed by atoms with E-state index in [0.717, 1.165) is 0 Å². The van der Waals surface area contributed by atoms with Crippen molar-refractivity contribution in [2.75, 3.05) is 0 Å². The summed E-state index contributed by atoms with van der Waals surface area (Å²) in [4.78, 5) is 2.77. The van der Waals surface area contributed by atoms with Gasteiger partial charge in [-0.05, 0) is 24.5 Å². The minimum atomic E-state index is 0.638. The van der Waals surface area contributed by atoms with Gasteiger partial charge in [-0.15, -0.1) is 11.3 Å². The number of hydrogen-bond acceptors (Lipinski definition) is 2. The second kappa shape index (κ2) is 3.37. The van der Waals surface area contributed by atoms with Gasteiger partial charge in [-0.25, -0.2) is 0 Å². The van der Waals surface area contributed by atoms with Gasteiger partial charge >= 0.3 is 0 Å². The van der Waals surface area contributed by atoms with Crippen LogP contribution in [-0.2, 0) is 6.54 Å². The maximum absolute atomic E-state index is 5.57. The number of nitrogens with two attached hydrogens (primary N) is 1. The lowest BCUT2D eigenvalue weighted by Gasteiger charge is -1.96. The molecule has 0 radical (unpaired) electrons. The third-order valence-electron chi connectivity index (χ3n) is 1.79. The minimum absolute atomic E-state index is 0.638. The number of aryl methyl sites for hydroxylation is 1. The summed E-state index contributed by atoms with van der Waals surface area (Å²) in [6.45, 7) is 7.24. The highest BCUT2D eigenvalue weighted by molar-refractivity contribution is 7.12. The third-order valence-corrected chi connectivity index (χ3v) is 3.35. The van der Waals surface area contributed by atoms with E-state index < -0.39 is 0 Å². The molecule has 0 bridgehead atoms. The Morgan fingerprint density at radius 1 is 1.55 bits per heavy atom. The van der Waals surface area contributed by atoms with Gasteiger partial charge in [0.15, 0.2) is 0 Å². The Bertz CT molecular complexity index is 238. The highest BCUT2D eigenvalue weighted by Gasteiger charge is 2.06. The Kier molecular flexibility index (Phi) is 2.68. The fourth-order valence-electron chi connectivity index (χ4n) is 1.03. The molecule has 0 unspecified atom stereocenters. The molecular formula is C9H15NS. The van der Waals surface area contributed by atoms with E-state index in [1.54, 1.807) is 0 Å². The Morgan fingerprint density at radius 3 is 2.45 bits per heavy atom. The van der Waals surface area contributed by atoms with Crippen molar-refractivity contribution in [1.82, 2.24) is 0 Å². The summed E-state index contributed by atoms with van der Waals surface area (Å²) >= 11 is 1.84. The minimum Gasteiger partial charge on any atom is -0.326 e. The van der Waals surface area contributed by atoms with Crippen LogP contribution in [0, 0.1) is 6.92 Å². The average Bonchev–Trinajstić information content (AvgIpc) is 2.31. The van der Waals surface area contributed by atoms with Crippen LogP contribution >= 0.6 is 11.3 Å². The van der Waals surface area contributed by atoms with Crippen molar-refractivity contribution in [1.29, 1.82) is 0 Å². The lowest BCUT2D eigenvalue weighted by Crippen LogP contribution is -1.93. The monoisotopic (exact) mass is 169 g/mol. The van der Waals surface area contributed by atoms with Gasteiger partial charge in [0, 0.05) is 16.3 Å². The lowest BCUT2D eigenvalue weighted by atomic mass is 10.1. The molecule has 2 heteroatoms. The van der Waals surface area contributed by atoms with Crippen molar-refractivity contribution in [3.05, 3.63) is 21.4 Å². The predicted octanol–water partition coefficient (Wildman–Crippen LogP) is 2.64. The van der Waals surface area contributed by atoms with Gasteiger partial charge in [0.1, 0.15) is 0 Å². The highest BCUT2D eigenvalue weighted by Crippen LogP contribution is 2.27. The van der Waals surface area contributed by atoms with Crippen molar-refractivity contribution in [3.8, 4) is 0 Å². The van der Waals surface area contributed by atoms with Gasteiger partial charge in [0.05, 0.1) is 0 Å². The number of hydrogen-bond donors (Lipinski definition) is 1. The second-order valence-electron chi connectivity index (χ2n) is 3.11. The molecule has 0 aliphatic carbocycles. The molecule has 0 saturated carbocycles. The van der Waals surface area contributed by atoms with E-state index in [9.17, 15) is 0 Å². The summed E-state index contributed by atoms with van der Waals surface area (Å²) in [6.07, 6.45) is 0. The molecule has 0 aromatic carbocycles. The average molecular weight is 169 g/mol. The maximum atomic E-state index is 5.57. The first-order chi connectivity index (χ1) is 5.15. The molecule has 1 aromatic rings. The number of rotatable bonds is 2. The summed E-state index contributed by atoms with van der Waals surface area (Å²) < 4.78 is 0. The first kappa shape index (κ1) is 8.75. The molecule has 0 saturated heterocycles. The van der Waals surface area contributed by atoms with E-state index in [-0.39, 0.29) is 0 Å². The van der Waals surface area contributed by atoms with E-state index in [1.807, 2.05) is 11.3 Å². The zero-order valence-corrected chi connectivity index (χ0v) is 8.16. The molecule has 0 spiro atoms. The van der Waals surface area contributed by atoms with Gasteiger partial charge in [0.25, 0.3) is 0 Å². The van der Waals surface area contributed by atoms with E-state index in [2.05, 4.69) is 26.8 Å². The Morgan fingerprint density at radius 2 is 2.18 bits per heavy atom. The van der Waals surface area contributed by atoms with Crippen LogP contribution in [0.15, 0.2) is 6.07 Å². The maximum Gasteiger partial charge on any atom is 0.0276 e. The van der Waals surface area contributed by atoms with Crippen molar-refractivity contribution < 1.29 is 0 Å². The molecule has 0 fully saturated rings. The molecule has 2 N–H and O–H groups in total. The molecule has 0 amide bonds. The molecule has 1 nitrogen and oxygen atoms in total. The van der Waals surface area contributed by atoms with E-state index in [0.29, 0.717) is 12.5 Å². The molecular weight excluding hydrogens is 154 g/mol. The second-order valence-corrected chi connectivity index (χ2v) is 4.28. The molecule has 62 valence electrons. The fourth-order valence-corrected chi connectivity index (χ4v) is 2.09. The van der Waals surface area contributed by atoms with E-state index in [1.165, 1.54) is 15.3 Å². The van der Waals surface area contributed by atoms with Crippen molar-refractivity contribution in [2.45, 2.75) is 33.2 Å². The normalized spacial score (nSPS) is 11.0. The van der Waals surface area contributed by atoms with Crippen LogP contribution in [0.1, 0.15) is 35.1 Å². The predicted molar refractivity (Wildman–Crippen MR) is 51.0 cm³/mol. The van der Waals surface area contributed by atoms with Gasteiger partial charge in [-0.1, -0.05) is 13.8 Å². The van der Waals surface area contributed by atoms with Crippen molar-refractivity contribution in [2.24, 2.45) is 5.73 Å². The smallest absolute Gasteiger partial charge is 0.0276 e. The molecule has 0 aliphatic rings. The van der Waals surface area contributed by atoms with Gasteiger partial charge in [-0.3, -0.25) is 0 Å². The molecule has 0 atom stereocenters. The Hall–Kier alpha value is -0.340. The zero-order chi connectivity index (χ0) is 8.43. The van der Waals surface area contributed by atoms with Crippen LogP contribution < -0.4 is 5.73 Å². The van der Waals surface area contributed by atoms with Crippen molar-refractivity contribution >= 4 is 11.3 Å². The van der Waals surface area contributed by atoms with Crippen molar-refractivity contribution in [3.63, 3.8) is 0 Å². The van der Waals surface area contributed by atoms with Gasteiger partial charge in [-0.2, -0.15) is 0 Å². The third kappa shape index (κ3) is 1.82. The van der Waals surface area contributed by atoms with Crippen LogP contribution in [0.3, 0.4) is 0 Å². The highest BCUT2D eigenvalue weighted by atomic mass is 32.1. The standard InChI is InChI=1S/C9H15NS/c1-6(2)8-4-7(3)9(5-10)11-8/h4,6H,5,10H2,1-3H3. The van der Waals surface area contributed by atoms with Gasteiger partial charge < -0.3 is 5.73 Å². The van der Waals surface area contributed by atoms with Crippen LogP contribution in [0.2, 0.25) is 0 Å². The van der Waals surface area contributed by atoms with Crippen LogP contribution in [0.4, 0.5) is 0 Å². The van der Waals surface area contributed by atoms with Crippen LogP contribution in [0.25, 0.3) is 0 Å². The molecule has 11 heavy (non-hydrogen) atoms. The number of thiophene rings is 1. The van der Waals surface area contributed by atoms with Gasteiger partial charge in [0.2, 0.25) is 0 Å². The fraction of sp³-hybridized carbons (Fsp3) is 0.556. The first-order valence-electron chi connectivity index (χ1n) is 3.94. The molecule has 1 heterocycles. The molecule has 0 aliphatic heterocycles. The largest absolute Gasteiger partial charge is 0.326 e. The SMILES string of the molecule is Cc1cc(C(C)C)sc1CN.